The Hall–Kier alpha value is -4.44. The topological polar surface area (TPSA) is 104 Å². The van der Waals surface area contributed by atoms with Crippen molar-refractivity contribution in [2.45, 2.75) is 19.8 Å². The van der Waals surface area contributed by atoms with Gasteiger partial charge in [-0.15, -0.1) is 0 Å². The smallest absolute Gasteiger partial charge is 0.347 e. The lowest BCUT2D eigenvalue weighted by Crippen LogP contribution is -2.21. The van der Waals surface area contributed by atoms with Gasteiger partial charge in [-0.25, -0.2) is 4.79 Å². The van der Waals surface area contributed by atoms with E-state index in [4.69, 9.17) is 24.7 Å². The van der Waals surface area contributed by atoms with Crippen LogP contribution in [-0.4, -0.2) is 19.2 Å². The summed E-state index contributed by atoms with van der Waals surface area (Å²) in [4.78, 5) is 12.8. The van der Waals surface area contributed by atoms with E-state index in [1.807, 2.05) is 38.1 Å². The Morgan fingerprint density at radius 1 is 1.00 bits per heavy atom. The van der Waals surface area contributed by atoms with Gasteiger partial charge in [0.05, 0.1) is 19.1 Å². The summed E-state index contributed by atoms with van der Waals surface area (Å²) < 4.78 is 22.5. The maximum Gasteiger partial charge on any atom is 0.347 e. The van der Waals surface area contributed by atoms with Gasteiger partial charge in [0.25, 0.3) is 0 Å². The van der Waals surface area contributed by atoms with Crippen molar-refractivity contribution in [3.8, 4) is 29.1 Å². The molecule has 7 heteroatoms. The van der Waals surface area contributed by atoms with Crippen molar-refractivity contribution in [1.82, 2.24) is 0 Å². The molecule has 1 aliphatic heterocycles. The SMILES string of the molecule is CCOc1cccc(C2C(C#N)=C(N)Oc3cc(OC(=O)c4ccccc4OCC)ccc32)c1. The van der Waals surface area contributed by atoms with E-state index in [2.05, 4.69) is 6.07 Å². The number of allylic oxidation sites excluding steroid dienone is 1. The third kappa shape index (κ3) is 4.52. The number of esters is 1. The lowest BCUT2D eigenvalue weighted by molar-refractivity contribution is 0.0730. The van der Waals surface area contributed by atoms with Crippen molar-refractivity contribution in [2.24, 2.45) is 5.73 Å². The van der Waals surface area contributed by atoms with Crippen LogP contribution in [0.4, 0.5) is 0 Å². The Kier molecular flexibility index (Phi) is 6.69. The van der Waals surface area contributed by atoms with E-state index in [1.54, 1.807) is 42.5 Å². The number of nitriles is 1. The zero-order valence-corrected chi connectivity index (χ0v) is 18.9. The Balaban J connectivity index is 1.68. The molecule has 1 aliphatic rings. The predicted octanol–water partition coefficient (Wildman–Crippen LogP) is 4.92. The summed E-state index contributed by atoms with van der Waals surface area (Å²) >= 11 is 0. The van der Waals surface area contributed by atoms with Gasteiger partial charge in [-0.05, 0) is 49.7 Å². The van der Waals surface area contributed by atoms with Gasteiger partial charge in [-0.3, -0.25) is 0 Å². The summed E-state index contributed by atoms with van der Waals surface area (Å²) in [7, 11) is 0. The van der Waals surface area contributed by atoms with Crippen molar-refractivity contribution in [1.29, 1.82) is 5.26 Å². The summed E-state index contributed by atoms with van der Waals surface area (Å²) in [6.45, 7) is 4.70. The normalized spacial score (nSPS) is 14.4. The van der Waals surface area contributed by atoms with Crippen molar-refractivity contribution >= 4 is 5.97 Å². The van der Waals surface area contributed by atoms with E-state index in [0.717, 1.165) is 11.1 Å². The Labute approximate surface area is 197 Å². The summed E-state index contributed by atoms with van der Waals surface area (Å²) in [5.74, 6) is 0.843. The maximum absolute atomic E-state index is 12.8. The number of hydrogen-bond acceptors (Lipinski definition) is 7. The van der Waals surface area contributed by atoms with Crippen LogP contribution >= 0.6 is 0 Å². The minimum Gasteiger partial charge on any atom is -0.494 e. The van der Waals surface area contributed by atoms with Gasteiger partial charge < -0.3 is 24.7 Å². The van der Waals surface area contributed by atoms with E-state index < -0.39 is 11.9 Å². The van der Waals surface area contributed by atoms with Gasteiger partial charge in [-0.1, -0.05) is 30.3 Å². The number of ether oxygens (including phenoxy) is 4. The first-order valence-corrected chi connectivity index (χ1v) is 10.9. The molecule has 2 N–H and O–H groups in total. The van der Waals surface area contributed by atoms with Gasteiger partial charge in [0.15, 0.2) is 0 Å². The summed E-state index contributed by atoms with van der Waals surface area (Å²) in [6, 6.07) is 21.6. The monoisotopic (exact) mass is 456 g/mol. The van der Waals surface area contributed by atoms with Crippen LogP contribution in [0.5, 0.6) is 23.0 Å². The third-order valence-electron chi connectivity index (χ3n) is 5.31. The van der Waals surface area contributed by atoms with Gasteiger partial charge in [0.1, 0.15) is 40.2 Å². The first-order chi connectivity index (χ1) is 16.5. The number of carbonyl (C=O) groups excluding carboxylic acids is 1. The van der Waals surface area contributed by atoms with Gasteiger partial charge in [-0.2, -0.15) is 5.26 Å². The molecule has 0 radical (unpaired) electrons. The summed E-state index contributed by atoms with van der Waals surface area (Å²) in [6.07, 6.45) is 0. The fourth-order valence-corrected chi connectivity index (χ4v) is 3.87. The molecule has 172 valence electrons. The molecule has 0 bridgehead atoms. The molecule has 0 fully saturated rings. The predicted molar refractivity (Wildman–Crippen MR) is 126 cm³/mol. The molecule has 3 aromatic rings. The molecule has 1 unspecified atom stereocenters. The summed E-state index contributed by atoms with van der Waals surface area (Å²) in [5, 5.41) is 9.78. The van der Waals surface area contributed by atoms with E-state index in [-0.39, 0.29) is 11.6 Å². The van der Waals surface area contributed by atoms with Gasteiger partial charge in [0.2, 0.25) is 5.88 Å². The Morgan fingerprint density at radius 3 is 2.56 bits per heavy atom. The molecular formula is C27H24N2O5. The molecule has 7 nitrogen and oxygen atoms in total. The molecule has 1 heterocycles. The average Bonchev–Trinajstić information content (AvgIpc) is 2.84. The second-order valence-electron chi connectivity index (χ2n) is 7.45. The van der Waals surface area contributed by atoms with Gasteiger partial charge in [0, 0.05) is 11.6 Å². The molecule has 0 spiro atoms. The quantitative estimate of drug-likeness (QED) is 0.397. The number of benzene rings is 3. The number of carbonyl (C=O) groups is 1. The van der Waals surface area contributed by atoms with E-state index in [0.29, 0.717) is 41.6 Å². The fourth-order valence-electron chi connectivity index (χ4n) is 3.87. The van der Waals surface area contributed by atoms with Crippen LogP contribution in [-0.2, 0) is 0 Å². The van der Waals surface area contributed by atoms with Crippen LogP contribution in [0.25, 0.3) is 0 Å². The molecule has 4 rings (SSSR count). The van der Waals surface area contributed by atoms with Crippen LogP contribution in [0.15, 0.2) is 78.2 Å². The second kappa shape index (κ2) is 10.0. The number of nitrogens with two attached hydrogens (primary N) is 1. The van der Waals surface area contributed by atoms with Crippen LogP contribution in [0.3, 0.4) is 0 Å². The van der Waals surface area contributed by atoms with Crippen molar-refractivity contribution in [3.05, 3.63) is 94.9 Å². The zero-order chi connectivity index (χ0) is 24.1. The fraction of sp³-hybridized carbons (Fsp3) is 0.185. The van der Waals surface area contributed by atoms with Crippen LogP contribution in [0.2, 0.25) is 0 Å². The lowest BCUT2D eigenvalue weighted by Gasteiger charge is -2.27. The highest BCUT2D eigenvalue weighted by molar-refractivity contribution is 5.94. The first-order valence-electron chi connectivity index (χ1n) is 10.9. The standard InChI is InChI=1S/C27H24N2O5/c1-3-31-18-9-7-8-17(14-18)25-20-13-12-19(15-24(20)34-26(29)22(25)16-28)33-27(30)21-10-5-6-11-23(21)32-4-2/h5-15,25H,3-4,29H2,1-2H3. The third-order valence-corrected chi connectivity index (χ3v) is 5.31. The van der Waals surface area contributed by atoms with Crippen molar-refractivity contribution < 1.29 is 23.7 Å². The Bertz CT molecular complexity index is 1290. The summed E-state index contributed by atoms with van der Waals surface area (Å²) in [5.41, 5.74) is 8.29. The number of hydrogen-bond donors (Lipinski definition) is 1. The number of para-hydroxylation sites is 1. The molecule has 0 saturated heterocycles. The molecule has 0 saturated carbocycles. The first kappa shape index (κ1) is 22.7. The molecule has 3 aromatic carbocycles. The molecule has 0 aliphatic carbocycles. The van der Waals surface area contributed by atoms with Crippen LogP contribution in [0.1, 0.15) is 41.3 Å². The average molecular weight is 456 g/mol. The number of nitrogens with zero attached hydrogens (tertiary/aromatic N) is 1. The van der Waals surface area contributed by atoms with Crippen molar-refractivity contribution in [3.63, 3.8) is 0 Å². The molecule has 34 heavy (non-hydrogen) atoms. The number of fused-ring (bicyclic) bond motifs is 1. The minimum atomic E-state index is -0.554. The highest BCUT2D eigenvalue weighted by Crippen LogP contribution is 2.44. The van der Waals surface area contributed by atoms with E-state index in [1.165, 1.54) is 0 Å². The van der Waals surface area contributed by atoms with Crippen LogP contribution < -0.4 is 24.7 Å². The highest BCUT2D eigenvalue weighted by atomic mass is 16.5. The van der Waals surface area contributed by atoms with Gasteiger partial charge >= 0.3 is 5.97 Å². The molecule has 0 aromatic heterocycles. The zero-order valence-electron chi connectivity index (χ0n) is 18.9. The molecule has 0 amide bonds. The Morgan fingerprint density at radius 2 is 1.79 bits per heavy atom. The lowest BCUT2D eigenvalue weighted by atomic mass is 9.83. The highest BCUT2D eigenvalue weighted by Gasteiger charge is 2.31. The minimum absolute atomic E-state index is 0.00646. The largest absolute Gasteiger partial charge is 0.494 e. The van der Waals surface area contributed by atoms with Crippen LogP contribution in [0, 0.1) is 11.3 Å². The number of rotatable bonds is 7. The van der Waals surface area contributed by atoms with Crippen molar-refractivity contribution in [2.75, 3.05) is 13.2 Å². The second-order valence-corrected chi connectivity index (χ2v) is 7.45. The molecular weight excluding hydrogens is 432 g/mol. The maximum atomic E-state index is 12.8. The van der Waals surface area contributed by atoms with E-state index in [9.17, 15) is 10.1 Å². The van der Waals surface area contributed by atoms with E-state index >= 15 is 0 Å². The molecule has 1 atom stereocenters.